The molecule has 2 aromatic carbocycles. The van der Waals surface area contributed by atoms with Crippen molar-refractivity contribution in [2.45, 2.75) is 6.54 Å². The van der Waals surface area contributed by atoms with Gasteiger partial charge < -0.3 is 15.1 Å². The second-order valence-corrected chi connectivity index (χ2v) is 6.16. The van der Waals surface area contributed by atoms with E-state index in [2.05, 4.69) is 26.2 Å². The molecule has 0 amide bonds. The Morgan fingerprint density at radius 3 is 2.31 bits per heavy atom. The van der Waals surface area contributed by atoms with E-state index in [-0.39, 0.29) is 5.82 Å². The first kappa shape index (κ1) is 17.7. The second-order valence-electron chi connectivity index (χ2n) is 6.16. The number of aliphatic imine (C=N–C) groups is 1. The zero-order chi connectivity index (χ0) is 18.4. The van der Waals surface area contributed by atoms with Gasteiger partial charge in [-0.05, 0) is 42.0 Å². The zero-order valence-electron chi connectivity index (χ0n) is 14.8. The van der Waals surface area contributed by atoms with Gasteiger partial charge in [0.05, 0.1) is 11.6 Å². The fourth-order valence-electron chi connectivity index (χ4n) is 3.04. The highest BCUT2D eigenvalue weighted by Crippen LogP contribution is 2.17. The maximum Gasteiger partial charge on any atom is 0.194 e. The minimum Gasteiger partial charge on any atom is -0.368 e. The van der Waals surface area contributed by atoms with E-state index in [1.54, 1.807) is 7.05 Å². The molecule has 0 atom stereocenters. The van der Waals surface area contributed by atoms with Gasteiger partial charge in [-0.2, -0.15) is 5.26 Å². The van der Waals surface area contributed by atoms with Crippen LogP contribution >= 0.6 is 0 Å². The number of nitrogens with one attached hydrogen (secondary N) is 1. The van der Waals surface area contributed by atoms with Crippen molar-refractivity contribution in [1.29, 1.82) is 5.26 Å². The third-order valence-corrected chi connectivity index (χ3v) is 4.52. The van der Waals surface area contributed by atoms with Gasteiger partial charge in [-0.1, -0.05) is 12.1 Å². The summed E-state index contributed by atoms with van der Waals surface area (Å²) in [6, 6.07) is 16.3. The van der Waals surface area contributed by atoms with Crippen molar-refractivity contribution in [1.82, 2.24) is 10.2 Å². The molecule has 1 aliphatic heterocycles. The average molecular weight is 351 g/mol. The van der Waals surface area contributed by atoms with Gasteiger partial charge in [0, 0.05) is 45.5 Å². The Bertz CT molecular complexity index is 784. The number of hydrogen-bond acceptors (Lipinski definition) is 3. The van der Waals surface area contributed by atoms with Crippen molar-refractivity contribution in [3.05, 3.63) is 65.5 Å². The molecule has 0 radical (unpaired) electrons. The summed E-state index contributed by atoms with van der Waals surface area (Å²) in [5, 5.41) is 12.2. The molecule has 6 heteroatoms. The minimum atomic E-state index is -0.209. The summed E-state index contributed by atoms with van der Waals surface area (Å²) in [6.45, 7) is 4.10. The summed E-state index contributed by atoms with van der Waals surface area (Å²) < 4.78 is 13.1. The molecule has 1 fully saturated rings. The van der Waals surface area contributed by atoms with E-state index in [0.717, 1.165) is 43.4 Å². The van der Waals surface area contributed by atoms with Crippen LogP contribution in [0.15, 0.2) is 53.5 Å². The molecule has 26 heavy (non-hydrogen) atoms. The molecular formula is C20H22FN5. The molecular weight excluding hydrogens is 329 g/mol. The van der Waals surface area contributed by atoms with Crippen LogP contribution in [0.3, 0.4) is 0 Å². The lowest BCUT2D eigenvalue weighted by Crippen LogP contribution is -2.52. The number of anilines is 1. The maximum absolute atomic E-state index is 13.1. The lowest BCUT2D eigenvalue weighted by molar-refractivity contribution is 0.372. The molecule has 0 aliphatic carbocycles. The largest absolute Gasteiger partial charge is 0.368 e. The van der Waals surface area contributed by atoms with Crippen LogP contribution in [0.5, 0.6) is 0 Å². The summed E-state index contributed by atoms with van der Waals surface area (Å²) in [7, 11) is 1.79. The van der Waals surface area contributed by atoms with E-state index < -0.39 is 0 Å². The van der Waals surface area contributed by atoms with E-state index in [9.17, 15) is 4.39 Å². The molecule has 2 aromatic rings. The minimum absolute atomic E-state index is 0.209. The van der Waals surface area contributed by atoms with Crippen LogP contribution in [-0.4, -0.2) is 44.1 Å². The van der Waals surface area contributed by atoms with Crippen molar-refractivity contribution in [3.63, 3.8) is 0 Å². The first-order valence-corrected chi connectivity index (χ1v) is 8.65. The Morgan fingerprint density at radius 1 is 1.08 bits per heavy atom. The highest BCUT2D eigenvalue weighted by atomic mass is 19.1. The number of halogens is 1. The fraction of sp³-hybridized carbons (Fsp3) is 0.300. The molecule has 1 N–H and O–H groups in total. The van der Waals surface area contributed by atoms with Crippen molar-refractivity contribution < 1.29 is 4.39 Å². The van der Waals surface area contributed by atoms with Gasteiger partial charge in [0.25, 0.3) is 0 Å². The van der Waals surface area contributed by atoms with E-state index >= 15 is 0 Å². The molecule has 3 rings (SSSR count). The Kier molecular flexibility index (Phi) is 5.69. The molecule has 0 bridgehead atoms. The first-order valence-electron chi connectivity index (χ1n) is 8.65. The van der Waals surface area contributed by atoms with E-state index in [4.69, 9.17) is 5.26 Å². The molecule has 0 unspecified atom stereocenters. The molecule has 134 valence electrons. The SMILES string of the molecule is CN=C(NCc1ccc(C#N)cc1)N1CCN(c2ccc(F)cc2)CC1. The maximum atomic E-state index is 13.1. The van der Waals surface area contributed by atoms with Crippen molar-refractivity contribution in [3.8, 4) is 6.07 Å². The quantitative estimate of drug-likeness (QED) is 0.682. The number of guanidine groups is 1. The van der Waals surface area contributed by atoms with Gasteiger partial charge in [0.15, 0.2) is 5.96 Å². The van der Waals surface area contributed by atoms with Crippen molar-refractivity contribution >= 4 is 11.6 Å². The number of piperazine rings is 1. The molecule has 0 saturated carbocycles. The monoisotopic (exact) mass is 351 g/mol. The molecule has 1 saturated heterocycles. The predicted molar refractivity (Wildman–Crippen MR) is 102 cm³/mol. The summed E-state index contributed by atoms with van der Waals surface area (Å²) in [5.74, 6) is 0.660. The standard InChI is InChI=1S/C20H22FN5/c1-23-20(24-15-17-4-2-16(14-22)3-5-17)26-12-10-25(11-13-26)19-8-6-18(21)7-9-19/h2-9H,10-13,15H2,1H3,(H,23,24). The molecule has 0 spiro atoms. The summed E-state index contributed by atoms with van der Waals surface area (Å²) in [6.07, 6.45) is 0. The smallest absolute Gasteiger partial charge is 0.194 e. The van der Waals surface area contributed by atoms with E-state index in [1.807, 2.05) is 36.4 Å². The normalized spacial score (nSPS) is 14.9. The fourth-order valence-corrected chi connectivity index (χ4v) is 3.04. The summed E-state index contributed by atoms with van der Waals surface area (Å²) in [5.41, 5.74) is 2.82. The Morgan fingerprint density at radius 2 is 1.73 bits per heavy atom. The van der Waals surface area contributed by atoms with Gasteiger partial charge in [-0.3, -0.25) is 4.99 Å². The number of benzene rings is 2. The third-order valence-electron chi connectivity index (χ3n) is 4.52. The number of nitrogens with zero attached hydrogens (tertiary/aromatic N) is 4. The van der Waals surface area contributed by atoms with Crippen molar-refractivity contribution in [2.24, 2.45) is 4.99 Å². The van der Waals surface area contributed by atoms with Crippen LogP contribution in [0.1, 0.15) is 11.1 Å². The predicted octanol–water partition coefficient (Wildman–Crippen LogP) is 2.59. The molecule has 5 nitrogen and oxygen atoms in total. The van der Waals surface area contributed by atoms with Crippen LogP contribution < -0.4 is 10.2 Å². The third kappa shape index (κ3) is 4.31. The van der Waals surface area contributed by atoms with Gasteiger partial charge in [0.1, 0.15) is 5.82 Å². The zero-order valence-corrected chi connectivity index (χ0v) is 14.8. The number of hydrogen-bond donors (Lipinski definition) is 1. The number of nitriles is 1. The Balaban J connectivity index is 1.53. The number of rotatable bonds is 3. The van der Waals surface area contributed by atoms with Gasteiger partial charge in [-0.25, -0.2) is 4.39 Å². The van der Waals surface area contributed by atoms with Gasteiger partial charge in [-0.15, -0.1) is 0 Å². The molecule has 1 aliphatic rings. The van der Waals surface area contributed by atoms with Crippen LogP contribution in [0.2, 0.25) is 0 Å². The first-order chi connectivity index (χ1) is 12.7. The lowest BCUT2D eigenvalue weighted by atomic mass is 10.1. The summed E-state index contributed by atoms with van der Waals surface area (Å²) >= 11 is 0. The van der Waals surface area contributed by atoms with Crippen LogP contribution in [0.25, 0.3) is 0 Å². The average Bonchev–Trinajstić information content (AvgIpc) is 2.70. The van der Waals surface area contributed by atoms with Crippen LogP contribution in [-0.2, 0) is 6.54 Å². The van der Waals surface area contributed by atoms with Gasteiger partial charge in [0.2, 0.25) is 0 Å². The second kappa shape index (κ2) is 8.34. The van der Waals surface area contributed by atoms with E-state index in [0.29, 0.717) is 12.1 Å². The van der Waals surface area contributed by atoms with E-state index in [1.165, 1.54) is 12.1 Å². The Labute approximate surface area is 153 Å². The van der Waals surface area contributed by atoms with Crippen LogP contribution in [0, 0.1) is 17.1 Å². The van der Waals surface area contributed by atoms with Crippen molar-refractivity contribution in [2.75, 3.05) is 38.1 Å². The molecule has 0 aromatic heterocycles. The summed E-state index contributed by atoms with van der Waals surface area (Å²) in [4.78, 5) is 8.86. The topological polar surface area (TPSA) is 54.7 Å². The van der Waals surface area contributed by atoms with Crippen LogP contribution in [0.4, 0.5) is 10.1 Å². The lowest BCUT2D eigenvalue weighted by Gasteiger charge is -2.37. The van der Waals surface area contributed by atoms with Gasteiger partial charge >= 0.3 is 0 Å². The highest BCUT2D eigenvalue weighted by Gasteiger charge is 2.19. The highest BCUT2D eigenvalue weighted by molar-refractivity contribution is 5.80. The Hall–Kier alpha value is -3.07. The molecule has 1 heterocycles.